The molecule has 1 aromatic carbocycles. The van der Waals surface area contributed by atoms with Crippen molar-refractivity contribution in [3.63, 3.8) is 0 Å². The van der Waals surface area contributed by atoms with Crippen LogP contribution in [0.15, 0.2) is 18.2 Å². The molecular weight excluding hydrogens is 325 g/mol. The Kier molecular flexibility index (Phi) is 3.82. The summed E-state index contributed by atoms with van der Waals surface area (Å²) in [6, 6.07) is 7.44. The highest BCUT2D eigenvalue weighted by Crippen LogP contribution is 2.28. The summed E-state index contributed by atoms with van der Waals surface area (Å²) in [4.78, 5) is 4.83. The Morgan fingerprint density at radius 2 is 1.82 bits per heavy atom. The fraction of sp³-hybridized carbons (Fsp3) is 0.538. The van der Waals surface area contributed by atoms with E-state index in [9.17, 15) is 0 Å². The van der Waals surface area contributed by atoms with Crippen LogP contribution in [0.2, 0.25) is 0 Å². The number of hydrogen-bond acceptors (Lipinski definition) is 3. The van der Waals surface area contributed by atoms with Crippen LogP contribution < -0.4 is 10.6 Å². The van der Waals surface area contributed by atoms with Gasteiger partial charge in [-0.3, -0.25) is 4.90 Å². The summed E-state index contributed by atoms with van der Waals surface area (Å²) in [6.07, 6.45) is 0. The van der Waals surface area contributed by atoms with Gasteiger partial charge in [-0.05, 0) is 61.7 Å². The van der Waals surface area contributed by atoms with Crippen LogP contribution in [0.5, 0.6) is 0 Å². The van der Waals surface area contributed by atoms with Crippen molar-refractivity contribution < 1.29 is 0 Å². The topological polar surface area (TPSA) is 32.5 Å². The van der Waals surface area contributed by atoms with Crippen LogP contribution in [0.4, 0.5) is 11.4 Å². The molecule has 1 aliphatic rings. The van der Waals surface area contributed by atoms with Crippen molar-refractivity contribution in [1.82, 2.24) is 4.90 Å². The predicted octanol–water partition coefficient (Wildman–Crippen LogP) is 2.40. The Hall–Kier alpha value is -0.490. The van der Waals surface area contributed by atoms with Crippen LogP contribution in [0.25, 0.3) is 0 Å². The van der Waals surface area contributed by atoms with Crippen LogP contribution in [-0.2, 0) is 0 Å². The van der Waals surface area contributed by atoms with E-state index in [2.05, 4.69) is 65.4 Å². The van der Waals surface area contributed by atoms with Crippen LogP contribution in [0.1, 0.15) is 13.8 Å². The predicted molar refractivity (Wildman–Crippen MR) is 82.5 cm³/mol. The summed E-state index contributed by atoms with van der Waals surface area (Å²) < 4.78 is 1.19. The molecule has 0 aromatic heterocycles. The smallest absolute Gasteiger partial charge is 0.0601 e. The van der Waals surface area contributed by atoms with Gasteiger partial charge < -0.3 is 10.6 Å². The third-order valence-corrected chi connectivity index (χ3v) is 4.36. The number of rotatable bonds is 1. The summed E-state index contributed by atoms with van der Waals surface area (Å²) in [5.41, 5.74) is 8.19. The number of anilines is 2. The van der Waals surface area contributed by atoms with Crippen LogP contribution in [-0.4, -0.2) is 37.1 Å². The first-order valence-corrected chi connectivity index (χ1v) is 7.09. The van der Waals surface area contributed by atoms with E-state index in [4.69, 9.17) is 5.73 Å². The first-order valence-electron chi connectivity index (χ1n) is 6.01. The minimum Gasteiger partial charge on any atom is -0.397 e. The van der Waals surface area contributed by atoms with E-state index < -0.39 is 0 Å². The molecule has 17 heavy (non-hydrogen) atoms. The minimum atomic E-state index is 0.567. The van der Waals surface area contributed by atoms with Gasteiger partial charge >= 0.3 is 0 Å². The van der Waals surface area contributed by atoms with E-state index in [0.717, 1.165) is 18.8 Å². The zero-order chi connectivity index (χ0) is 12.6. The van der Waals surface area contributed by atoms with E-state index in [1.165, 1.54) is 9.26 Å². The summed E-state index contributed by atoms with van der Waals surface area (Å²) in [5, 5.41) is 0. The van der Waals surface area contributed by atoms with Gasteiger partial charge in [-0.1, -0.05) is 0 Å². The molecule has 0 bridgehead atoms. The minimum absolute atomic E-state index is 0.567. The second-order valence-corrected chi connectivity index (χ2v) is 6.22. The van der Waals surface area contributed by atoms with Crippen molar-refractivity contribution in [2.75, 3.05) is 30.8 Å². The maximum atomic E-state index is 6.12. The molecule has 4 heteroatoms. The average Bonchev–Trinajstić information content (AvgIpc) is 2.25. The zero-order valence-corrected chi connectivity index (χ0v) is 12.8. The SMILES string of the molecule is CC1CN(c2ccc(I)cc2N)CC(C)N1C. The van der Waals surface area contributed by atoms with Gasteiger partial charge in [0, 0.05) is 28.7 Å². The maximum Gasteiger partial charge on any atom is 0.0601 e. The fourth-order valence-electron chi connectivity index (χ4n) is 2.41. The van der Waals surface area contributed by atoms with Gasteiger partial charge in [0.25, 0.3) is 0 Å². The number of benzene rings is 1. The van der Waals surface area contributed by atoms with Crippen molar-refractivity contribution in [3.8, 4) is 0 Å². The average molecular weight is 345 g/mol. The zero-order valence-electron chi connectivity index (χ0n) is 10.7. The Balaban J connectivity index is 2.23. The van der Waals surface area contributed by atoms with Gasteiger partial charge in [-0.15, -0.1) is 0 Å². The maximum absolute atomic E-state index is 6.12. The summed E-state index contributed by atoms with van der Waals surface area (Å²) in [6.45, 7) is 6.63. The fourth-order valence-corrected chi connectivity index (χ4v) is 2.93. The Morgan fingerprint density at radius 3 is 2.35 bits per heavy atom. The Bertz CT molecular complexity index is 396. The van der Waals surface area contributed by atoms with Crippen molar-refractivity contribution in [1.29, 1.82) is 0 Å². The third-order valence-electron chi connectivity index (χ3n) is 3.69. The molecule has 2 atom stereocenters. The van der Waals surface area contributed by atoms with E-state index in [0.29, 0.717) is 12.1 Å². The molecule has 0 aliphatic carbocycles. The Labute approximate surface area is 117 Å². The van der Waals surface area contributed by atoms with Crippen molar-refractivity contribution in [3.05, 3.63) is 21.8 Å². The van der Waals surface area contributed by atoms with E-state index in [1.807, 2.05) is 6.07 Å². The molecule has 2 unspecified atom stereocenters. The summed E-state index contributed by atoms with van der Waals surface area (Å²) in [7, 11) is 2.20. The van der Waals surface area contributed by atoms with Gasteiger partial charge in [0.2, 0.25) is 0 Å². The third kappa shape index (κ3) is 2.68. The highest BCUT2D eigenvalue weighted by Gasteiger charge is 2.27. The molecule has 0 saturated carbocycles. The van der Waals surface area contributed by atoms with E-state index >= 15 is 0 Å². The summed E-state index contributed by atoms with van der Waals surface area (Å²) in [5.74, 6) is 0. The molecule has 0 radical (unpaired) electrons. The summed E-state index contributed by atoms with van der Waals surface area (Å²) >= 11 is 2.30. The molecule has 2 N–H and O–H groups in total. The number of hydrogen-bond donors (Lipinski definition) is 1. The second-order valence-electron chi connectivity index (χ2n) is 4.97. The molecule has 1 aliphatic heterocycles. The van der Waals surface area contributed by atoms with Crippen molar-refractivity contribution in [2.45, 2.75) is 25.9 Å². The molecule has 0 spiro atoms. The molecule has 0 amide bonds. The normalized spacial score (nSPS) is 26.2. The molecule has 1 saturated heterocycles. The highest BCUT2D eigenvalue weighted by atomic mass is 127. The van der Waals surface area contributed by atoms with Gasteiger partial charge in [0.05, 0.1) is 11.4 Å². The highest BCUT2D eigenvalue weighted by molar-refractivity contribution is 14.1. The molecule has 3 nitrogen and oxygen atoms in total. The van der Waals surface area contributed by atoms with Crippen molar-refractivity contribution in [2.24, 2.45) is 0 Å². The lowest BCUT2D eigenvalue weighted by molar-refractivity contribution is 0.170. The molecule has 1 fully saturated rings. The first kappa shape index (κ1) is 13.0. The van der Waals surface area contributed by atoms with Crippen LogP contribution >= 0.6 is 22.6 Å². The quantitative estimate of drug-likeness (QED) is 0.627. The van der Waals surface area contributed by atoms with Gasteiger partial charge in [0.1, 0.15) is 0 Å². The van der Waals surface area contributed by atoms with Crippen LogP contribution in [0, 0.1) is 3.57 Å². The number of halogens is 1. The van der Waals surface area contributed by atoms with E-state index in [1.54, 1.807) is 0 Å². The molecule has 2 rings (SSSR count). The van der Waals surface area contributed by atoms with Crippen molar-refractivity contribution >= 4 is 34.0 Å². The van der Waals surface area contributed by atoms with Gasteiger partial charge in [0.15, 0.2) is 0 Å². The van der Waals surface area contributed by atoms with Gasteiger partial charge in [-0.25, -0.2) is 0 Å². The molecule has 1 aromatic rings. The monoisotopic (exact) mass is 345 g/mol. The molecular formula is C13H20IN3. The first-order chi connectivity index (χ1) is 7.99. The van der Waals surface area contributed by atoms with E-state index in [-0.39, 0.29) is 0 Å². The second kappa shape index (κ2) is 5.02. The molecule has 1 heterocycles. The lowest BCUT2D eigenvalue weighted by atomic mass is 10.1. The molecule has 94 valence electrons. The Morgan fingerprint density at radius 1 is 1.24 bits per heavy atom. The van der Waals surface area contributed by atoms with Crippen LogP contribution in [0.3, 0.4) is 0 Å². The number of likely N-dealkylation sites (N-methyl/N-ethyl adjacent to an activating group) is 1. The number of piperazine rings is 1. The lowest BCUT2D eigenvalue weighted by Gasteiger charge is -2.43. The lowest BCUT2D eigenvalue weighted by Crippen LogP contribution is -2.55. The van der Waals surface area contributed by atoms with Gasteiger partial charge in [-0.2, -0.15) is 0 Å². The largest absolute Gasteiger partial charge is 0.397 e. The number of nitrogens with zero attached hydrogens (tertiary/aromatic N) is 2. The number of nitrogen functional groups attached to an aromatic ring is 1. The standard InChI is InChI=1S/C13H20IN3/c1-9-7-17(8-10(2)16(9)3)13-5-4-11(14)6-12(13)15/h4-6,9-10H,7-8,15H2,1-3H3. The number of nitrogens with two attached hydrogens (primary N) is 1.